The molecular formula is C15H28OS. The van der Waals surface area contributed by atoms with Gasteiger partial charge in [0.1, 0.15) is 0 Å². The van der Waals surface area contributed by atoms with Gasteiger partial charge in [0.2, 0.25) is 0 Å². The van der Waals surface area contributed by atoms with Crippen molar-refractivity contribution in [3.63, 3.8) is 0 Å². The second-order valence-electron chi connectivity index (χ2n) is 6.18. The summed E-state index contributed by atoms with van der Waals surface area (Å²) in [6.45, 7) is 2.35. The molecule has 0 spiro atoms. The van der Waals surface area contributed by atoms with Gasteiger partial charge in [-0.25, -0.2) is 0 Å². The Labute approximate surface area is 111 Å². The van der Waals surface area contributed by atoms with E-state index in [-0.39, 0.29) is 6.10 Å². The first-order valence-corrected chi connectivity index (χ1v) is 8.60. The van der Waals surface area contributed by atoms with E-state index in [1.54, 1.807) is 0 Å². The Hall–Kier alpha value is 0.310. The van der Waals surface area contributed by atoms with Crippen molar-refractivity contribution in [2.24, 2.45) is 11.8 Å². The standard InChI is InChI=1S/C15H28OS/c1-12-7-9-13(10-8-12)15(16)11-17-14-5-3-2-4-6-14/h12-16H,2-11H2,1H3. The second-order valence-corrected chi connectivity index (χ2v) is 7.51. The molecule has 17 heavy (non-hydrogen) atoms. The summed E-state index contributed by atoms with van der Waals surface area (Å²) in [6.07, 6.45) is 12.2. The average Bonchev–Trinajstić information content (AvgIpc) is 2.38. The van der Waals surface area contributed by atoms with Crippen LogP contribution in [0.2, 0.25) is 0 Å². The van der Waals surface area contributed by atoms with E-state index in [0.29, 0.717) is 5.92 Å². The fourth-order valence-electron chi connectivity index (χ4n) is 3.27. The van der Waals surface area contributed by atoms with Crippen LogP contribution in [0.4, 0.5) is 0 Å². The number of hydrogen-bond acceptors (Lipinski definition) is 2. The largest absolute Gasteiger partial charge is 0.392 e. The van der Waals surface area contributed by atoms with Crippen molar-refractivity contribution in [3.05, 3.63) is 0 Å². The van der Waals surface area contributed by atoms with Crippen LogP contribution in [0.5, 0.6) is 0 Å². The number of rotatable bonds is 4. The van der Waals surface area contributed by atoms with Crippen molar-refractivity contribution < 1.29 is 5.11 Å². The van der Waals surface area contributed by atoms with Crippen molar-refractivity contribution in [3.8, 4) is 0 Å². The van der Waals surface area contributed by atoms with E-state index in [1.165, 1.54) is 57.8 Å². The molecule has 0 saturated heterocycles. The van der Waals surface area contributed by atoms with Crippen LogP contribution in [0.15, 0.2) is 0 Å². The minimum atomic E-state index is -0.0329. The topological polar surface area (TPSA) is 20.2 Å². The van der Waals surface area contributed by atoms with Crippen LogP contribution < -0.4 is 0 Å². The summed E-state index contributed by atoms with van der Waals surface area (Å²) >= 11 is 2.05. The van der Waals surface area contributed by atoms with Gasteiger partial charge >= 0.3 is 0 Å². The molecule has 2 aliphatic carbocycles. The molecule has 0 aliphatic heterocycles. The van der Waals surface area contributed by atoms with Crippen molar-refractivity contribution in [1.29, 1.82) is 0 Å². The fraction of sp³-hybridized carbons (Fsp3) is 1.00. The molecule has 0 aromatic rings. The Morgan fingerprint density at radius 3 is 2.29 bits per heavy atom. The number of aliphatic hydroxyl groups is 1. The third-order valence-corrected chi connectivity index (χ3v) is 6.14. The molecule has 0 amide bonds. The maximum Gasteiger partial charge on any atom is 0.0658 e. The molecule has 2 heteroatoms. The molecular weight excluding hydrogens is 228 g/mol. The number of hydrogen-bond donors (Lipinski definition) is 1. The Morgan fingerprint density at radius 2 is 1.65 bits per heavy atom. The first-order chi connectivity index (χ1) is 8.25. The lowest BCUT2D eigenvalue weighted by Gasteiger charge is -2.31. The lowest BCUT2D eigenvalue weighted by atomic mass is 9.81. The zero-order valence-electron chi connectivity index (χ0n) is 11.2. The van der Waals surface area contributed by atoms with Gasteiger partial charge in [0.25, 0.3) is 0 Å². The van der Waals surface area contributed by atoms with E-state index in [0.717, 1.165) is 16.9 Å². The van der Waals surface area contributed by atoms with Gasteiger partial charge in [-0.2, -0.15) is 11.8 Å². The SMILES string of the molecule is CC1CCC(C(O)CSC2CCCCC2)CC1. The third-order valence-electron chi connectivity index (χ3n) is 4.66. The van der Waals surface area contributed by atoms with Gasteiger partial charge in [-0.05, 0) is 37.5 Å². The molecule has 0 aromatic carbocycles. The summed E-state index contributed by atoms with van der Waals surface area (Å²) in [4.78, 5) is 0. The lowest BCUT2D eigenvalue weighted by Crippen LogP contribution is -2.28. The second kappa shape index (κ2) is 7.04. The van der Waals surface area contributed by atoms with Crippen LogP contribution in [-0.2, 0) is 0 Å². The molecule has 2 fully saturated rings. The molecule has 100 valence electrons. The Bertz CT molecular complexity index is 205. The van der Waals surface area contributed by atoms with Crippen molar-refractivity contribution >= 4 is 11.8 Å². The molecule has 0 bridgehead atoms. The first kappa shape index (κ1) is 13.7. The molecule has 0 aromatic heterocycles. The van der Waals surface area contributed by atoms with E-state index in [4.69, 9.17) is 0 Å². The minimum Gasteiger partial charge on any atom is -0.392 e. The predicted octanol–water partition coefficient (Wildman–Crippen LogP) is 4.24. The zero-order valence-corrected chi connectivity index (χ0v) is 12.1. The normalized spacial score (nSPS) is 33.5. The molecule has 1 nitrogen and oxygen atoms in total. The van der Waals surface area contributed by atoms with Crippen LogP contribution in [0.3, 0.4) is 0 Å². The molecule has 1 N–H and O–H groups in total. The maximum atomic E-state index is 10.3. The Morgan fingerprint density at radius 1 is 1.00 bits per heavy atom. The van der Waals surface area contributed by atoms with E-state index in [1.807, 2.05) is 11.8 Å². The van der Waals surface area contributed by atoms with Gasteiger partial charge in [-0.15, -0.1) is 0 Å². The maximum absolute atomic E-state index is 10.3. The van der Waals surface area contributed by atoms with Gasteiger partial charge in [0.05, 0.1) is 6.10 Å². The lowest BCUT2D eigenvalue weighted by molar-refractivity contribution is 0.0945. The van der Waals surface area contributed by atoms with Crippen LogP contribution in [-0.4, -0.2) is 22.2 Å². The van der Waals surface area contributed by atoms with Crippen molar-refractivity contribution in [1.82, 2.24) is 0 Å². The number of thioether (sulfide) groups is 1. The van der Waals surface area contributed by atoms with E-state index in [2.05, 4.69) is 6.92 Å². The monoisotopic (exact) mass is 256 g/mol. The molecule has 1 atom stereocenters. The van der Waals surface area contributed by atoms with E-state index >= 15 is 0 Å². The van der Waals surface area contributed by atoms with Crippen LogP contribution in [0, 0.1) is 11.8 Å². The third kappa shape index (κ3) is 4.48. The molecule has 1 unspecified atom stereocenters. The summed E-state index contributed by atoms with van der Waals surface area (Å²) in [5.41, 5.74) is 0. The first-order valence-electron chi connectivity index (χ1n) is 7.55. The highest BCUT2D eigenvalue weighted by molar-refractivity contribution is 7.99. The van der Waals surface area contributed by atoms with Gasteiger partial charge in [-0.3, -0.25) is 0 Å². The molecule has 2 rings (SSSR count). The van der Waals surface area contributed by atoms with Crippen LogP contribution >= 0.6 is 11.8 Å². The summed E-state index contributed by atoms with van der Waals surface area (Å²) in [5, 5.41) is 11.1. The zero-order chi connectivity index (χ0) is 12.1. The summed E-state index contributed by atoms with van der Waals surface area (Å²) in [6, 6.07) is 0. The smallest absolute Gasteiger partial charge is 0.0658 e. The highest BCUT2D eigenvalue weighted by Gasteiger charge is 2.25. The van der Waals surface area contributed by atoms with E-state index in [9.17, 15) is 5.11 Å². The van der Waals surface area contributed by atoms with Crippen molar-refractivity contribution in [2.45, 2.75) is 76.1 Å². The predicted molar refractivity (Wildman–Crippen MR) is 76.5 cm³/mol. The molecule has 2 saturated carbocycles. The highest BCUT2D eigenvalue weighted by Crippen LogP contribution is 2.34. The van der Waals surface area contributed by atoms with Gasteiger partial charge in [0, 0.05) is 11.0 Å². The van der Waals surface area contributed by atoms with Crippen LogP contribution in [0.25, 0.3) is 0 Å². The Kier molecular flexibility index (Phi) is 5.68. The quantitative estimate of drug-likeness (QED) is 0.812. The molecule has 2 aliphatic rings. The highest BCUT2D eigenvalue weighted by atomic mass is 32.2. The summed E-state index contributed by atoms with van der Waals surface area (Å²) < 4.78 is 0. The number of aliphatic hydroxyl groups excluding tert-OH is 1. The minimum absolute atomic E-state index is 0.0329. The summed E-state index contributed by atoms with van der Waals surface area (Å²) in [5.74, 6) is 2.48. The van der Waals surface area contributed by atoms with E-state index < -0.39 is 0 Å². The molecule has 0 radical (unpaired) electrons. The van der Waals surface area contributed by atoms with Crippen LogP contribution in [0.1, 0.15) is 64.7 Å². The Balaban J connectivity index is 1.64. The van der Waals surface area contributed by atoms with Gasteiger partial charge in [0.15, 0.2) is 0 Å². The fourth-order valence-corrected chi connectivity index (χ4v) is 4.68. The average molecular weight is 256 g/mol. The van der Waals surface area contributed by atoms with Crippen molar-refractivity contribution in [2.75, 3.05) is 5.75 Å². The van der Waals surface area contributed by atoms with Gasteiger partial charge in [-0.1, -0.05) is 39.0 Å². The molecule has 0 heterocycles. The summed E-state index contributed by atoms with van der Waals surface area (Å²) in [7, 11) is 0. The van der Waals surface area contributed by atoms with Gasteiger partial charge < -0.3 is 5.11 Å².